The van der Waals surface area contributed by atoms with Gasteiger partial charge in [-0.15, -0.1) is 0 Å². The van der Waals surface area contributed by atoms with E-state index in [1.54, 1.807) is 0 Å². The van der Waals surface area contributed by atoms with Gasteiger partial charge in [0.2, 0.25) is 0 Å². The van der Waals surface area contributed by atoms with Crippen LogP contribution in [0.2, 0.25) is 0 Å². The Morgan fingerprint density at radius 2 is 0.464 bits per heavy atom. The van der Waals surface area contributed by atoms with Gasteiger partial charge in [-0.1, -0.05) is 0 Å². The number of ether oxygens (including phenoxy) is 4. The first kappa shape index (κ1) is 70.1. The van der Waals surface area contributed by atoms with Crippen molar-refractivity contribution in [1.29, 1.82) is 0 Å². The molecule has 0 amide bonds. The molecular weight excluding hydrogens is 1390 g/mol. The Morgan fingerprint density at radius 3 is 0.732 bits per heavy atom. The molecule has 8 bridgehead atoms. The van der Waals surface area contributed by atoms with Crippen molar-refractivity contribution in [1.82, 2.24) is 39.9 Å². The molecule has 12 aromatic carbocycles. The highest BCUT2D eigenvalue weighted by atomic mass is 16.5. The van der Waals surface area contributed by atoms with Crippen LogP contribution in [0, 0.1) is 0 Å². The molecule has 2 aliphatic rings. The van der Waals surface area contributed by atoms with Gasteiger partial charge in [-0.3, -0.25) is 20.0 Å². The van der Waals surface area contributed by atoms with Crippen LogP contribution in [-0.2, 0) is 0 Å². The number of aromatic amines is 2. The molecule has 15 aromatic rings. The molecule has 2 N–H and O–H groups in total. The van der Waals surface area contributed by atoms with E-state index >= 15 is 0 Å². The Bertz CT molecular complexity index is 5950. The van der Waals surface area contributed by atoms with E-state index in [9.17, 15) is 0 Å². The van der Waals surface area contributed by atoms with Crippen LogP contribution in [-0.4, -0.2) is 121 Å². The summed E-state index contributed by atoms with van der Waals surface area (Å²) in [7, 11) is 16.1. The van der Waals surface area contributed by atoms with Crippen molar-refractivity contribution < 1.29 is 18.9 Å². The van der Waals surface area contributed by atoms with E-state index in [1.165, 1.54) is 0 Å². The third kappa shape index (κ3) is 15.5. The van der Waals surface area contributed by atoms with Gasteiger partial charge in [0.1, 0.15) is 68.6 Å². The Labute approximate surface area is 646 Å². The van der Waals surface area contributed by atoms with Gasteiger partial charge >= 0.3 is 0 Å². The minimum atomic E-state index is 0.377. The van der Waals surface area contributed by atoms with Crippen molar-refractivity contribution >= 4 is 114 Å². The maximum Gasteiger partial charge on any atom is 0.164 e. The third-order valence-electron chi connectivity index (χ3n) is 19.1. The second kappa shape index (κ2) is 30.4. The summed E-state index contributed by atoms with van der Waals surface area (Å²) in [6, 6.07) is 86.9. The lowest BCUT2D eigenvalue weighted by Gasteiger charge is -2.11. The first-order valence-electron chi connectivity index (χ1n) is 36.4. The zero-order valence-electron chi connectivity index (χ0n) is 62.6. The number of hydrogen-bond donors (Lipinski definition) is 2. The number of anilines is 4. The maximum absolute atomic E-state index is 6.65. The summed E-state index contributed by atoms with van der Waals surface area (Å²) in [5, 5.41) is 2.90. The van der Waals surface area contributed by atoms with Crippen molar-refractivity contribution in [3.63, 3.8) is 0 Å². The molecule has 17 rings (SSSR count). The van der Waals surface area contributed by atoms with Crippen molar-refractivity contribution in [2.24, 2.45) is 20.0 Å². The molecule has 0 aliphatic carbocycles. The number of benzene rings is 12. The lowest BCUT2D eigenvalue weighted by Crippen LogP contribution is -2.07. The number of aliphatic imine (C=N–C) groups is 4. The summed E-state index contributed by atoms with van der Waals surface area (Å²) in [4.78, 5) is 66.6. The molecule has 20 heteroatoms. The first-order valence-corrected chi connectivity index (χ1v) is 36.4. The molecule has 5 heterocycles. The molecule has 112 heavy (non-hydrogen) atoms. The summed E-state index contributed by atoms with van der Waals surface area (Å²) in [6.45, 7) is 0. The third-order valence-corrected chi connectivity index (χ3v) is 19.1. The Kier molecular flexibility index (Phi) is 19.0. The standard InChI is InChI=1S/C92H74N16O4/c1-105(2)65-25-17-61(18-26-65)93-53-57-9-33-69(34-10-57)109-73-41-45-77-81(49-73)89-97-85(77)102-90-83-51-75(111-71-37-13-59(14-38-71)55-95-63-21-29-67(30-22-63)107(5)6)43-47-79(83)87(99-90)104-92-84-52-76(112-72-39-15-60(16-40-72)56-96-64-23-31-68(32-24-64)108(7)8)44-48-80(84)88(100-92)103-91-82-50-74(42-46-78(82)86(98-91)101-89)110-70-35-11-58(12-36-70)54-94-62-19-27-66(28-20-62)106(3)4/h9-56H,1-8H3,(H2,97,98,99,100,101,102,103,104). The number of nitrogens with one attached hydrogen (secondary N) is 2. The van der Waals surface area contributed by atoms with Gasteiger partial charge in [0, 0.05) is 148 Å². The number of H-pyrrole nitrogens is 2. The van der Waals surface area contributed by atoms with E-state index in [2.05, 4.69) is 29.6 Å². The summed E-state index contributed by atoms with van der Waals surface area (Å²) in [6.07, 6.45) is 7.37. The van der Waals surface area contributed by atoms with Crippen LogP contribution in [0.5, 0.6) is 46.0 Å². The fourth-order valence-corrected chi connectivity index (χ4v) is 12.9. The van der Waals surface area contributed by atoms with E-state index < -0.39 is 0 Å². The maximum atomic E-state index is 6.65. The number of rotatable bonds is 20. The number of nitrogens with zero attached hydrogens (tertiary/aromatic N) is 14. The summed E-state index contributed by atoms with van der Waals surface area (Å²) in [5.41, 5.74) is 16.2. The van der Waals surface area contributed by atoms with E-state index in [1.807, 2.05) is 348 Å². The van der Waals surface area contributed by atoms with Crippen molar-refractivity contribution in [3.8, 4) is 91.5 Å². The van der Waals surface area contributed by atoms with Crippen LogP contribution in [0.15, 0.2) is 287 Å². The molecule has 3 aromatic heterocycles. The van der Waals surface area contributed by atoms with E-state index in [0.717, 1.165) is 78.5 Å². The highest BCUT2D eigenvalue weighted by Crippen LogP contribution is 2.43. The van der Waals surface area contributed by atoms with E-state index in [4.69, 9.17) is 68.8 Å². The molecule has 0 atom stereocenters. The average molecular weight is 1470 g/mol. The zero-order chi connectivity index (χ0) is 76.3. The predicted molar refractivity (Wildman–Crippen MR) is 454 cm³/mol. The summed E-state index contributed by atoms with van der Waals surface area (Å²) in [5.74, 6) is 6.29. The van der Waals surface area contributed by atoms with Crippen LogP contribution >= 0.6 is 0 Å². The Balaban J connectivity index is 0.769. The molecule has 2 aliphatic heterocycles. The minimum Gasteiger partial charge on any atom is -0.457 e. The van der Waals surface area contributed by atoms with Gasteiger partial charge in [-0.05, 0) is 289 Å². The second-order valence-corrected chi connectivity index (χ2v) is 27.8. The van der Waals surface area contributed by atoms with Gasteiger partial charge < -0.3 is 48.5 Å². The Hall–Kier alpha value is -14.9. The molecule has 0 spiro atoms. The monoisotopic (exact) mass is 1470 g/mol. The largest absolute Gasteiger partial charge is 0.457 e. The van der Waals surface area contributed by atoms with Gasteiger partial charge in [-0.2, -0.15) is 0 Å². The van der Waals surface area contributed by atoms with Crippen molar-refractivity contribution in [3.05, 3.63) is 289 Å². The van der Waals surface area contributed by atoms with E-state index in [0.29, 0.717) is 125 Å². The molecule has 0 saturated carbocycles. The molecule has 0 fully saturated rings. The normalized spacial score (nSPS) is 11.8. The molecule has 0 unspecified atom stereocenters. The Morgan fingerprint density at radius 1 is 0.232 bits per heavy atom. The van der Waals surface area contributed by atoms with Crippen LogP contribution in [0.4, 0.5) is 45.5 Å². The SMILES string of the molecule is CN(C)c1ccc(N=Cc2ccc(Oc3ccc4c(c3)-c3nc-4nc4[nH]c(nc5nc(nc6[nH]c(n3)c3ccc(Oc7ccc(C=Nc8ccc(N(C)C)cc8)cc7)cc63)-c3ccc(Oc6ccc(C=Nc7ccc(N(C)C)cc7)cc6)cc3-5)c3ccc(Oc5ccc(C=Nc6ccc(N(C)C)cc6)cc5)cc43)cc2)cc1. The first-order chi connectivity index (χ1) is 54.6. The van der Waals surface area contributed by atoms with Gasteiger partial charge in [0.15, 0.2) is 23.3 Å². The number of fused-ring (bicyclic) bond motifs is 20. The van der Waals surface area contributed by atoms with Crippen molar-refractivity contribution in [2.75, 3.05) is 76.0 Å². The van der Waals surface area contributed by atoms with Gasteiger partial charge in [0.25, 0.3) is 0 Å². The van der Waals surface area contributed by atoms with E-state index in [-0.39, 0.29) is 0 Å². The van der Waals surface area contributed by atoms with Crippen LogP contribution in [0.25, 0.3) is 89.7 Å². The highest BCUT2D eigenvalue weighted by molar-refractivity contribution is 6.07. The molecule has 546 valence electrons. The second-order valence-electron chi connectivity index (χ2n) is 27.8. The average Bonchev–Trinajstić information content (AvgIpc) is 1.60. The lowest BCUT2D eigenvalue weighted by molar-refractivity contribution is 0.482. The lowest BCUT2D eigenvalue weighted by atomic mass is 10.1. The quantitative estimate of drug-likeness (QED) is 0.0681. The van der Waals surface area contributed by atoms with Gasteiger partial charge in [-0.25, -0.2) is 29.9 Å². The smallest absolute Gasteiger partial charge is 0.164 e. The molecular formula is C92H74N16O4. The fraction of sp³-hybridized carbons (Fsp3) is 0.0870. The van der Waals surface area contributed by atoms with Gasteiger partial charge in [0.05, 0.1) is 22.7 Å². The van der Waals surface area contributed by atoms with Crippen LogP contribution in [0.3, 0.4) is 0 Å². The highest BCUT2D eigenvalue weighted by Gasteiger charge is 2.25. The predicted octanol–water partition coefficient (Wildman–Crippen LogP) is 21.3. The number of aromatic nitrogens is 8. The van der Waals surface area contributed by atoms with Crippen molar-refractivity contribution in [2.45, 2.75) is 0 Å². The summed E-state index contributed by atoms with van der Waals surface area (Å²) >= 11 is 0. The molecule has 0 radical (unpaired) electrons. The fourth-order valence-electron chi connectivity index (χ4n) is 12.9. The number of hydrogen-bond acceptors (Lipinski definition) is 18. The molecule has 20 nitrogen and oxygen atoms in total. The minimum absolute atomic E-state index is 0.377. The van der Waals surface area contributed by atoms with Crippen LogP contribution < -0.4 is 38.5 Å². The summed E-state index contributed by atoms with van der Waals surface area (Å²) < 4.78 is 26.6. The topological polar surface area (TPSA) is 208 Å². The van der Waals surface area contributed by atoms with Crippen LogP contribution in [0.1, 0.15) is 22.3 Å². The molecule has 0 saturated heterocycles. The zero-order valence-corrected chi connectivity index (χ0v) is 62.6.